The lowest BCUT2D eigenvalue weighted by Gasteiger charge is -2.18. The Bertz CT molecular complexity index is 1350. The molecule has 4 N–H and O–H groups in total. The van der Waals surface area contributed by atoms with E-state index in [1.54, 1.807) is 0 Å². The van der Waals surface area contributed by atoms with E-state index in [1.807, 2.05) is 0 Å². The molecule has 0 heterocycles. The zero-order valence-corrected chi connectivity index (χ0v) is 36.2. The van der Waals surface area contributed by atoms with Gasteiger partial charge < -0.3 is 25.2 Å². The monoisotopic (exact) mass is 832 g/mol. The first-order valence-electron chi connectivity index (χ1n) is 21.3. The number of phosphoric ester groups is 1. The highest BCUT2D eigenvalue weighted by Crippen LogP contribution is 2.43. The minimum Gasteiger partial charge on any atom is -0.480 e. The zero-order chi connectivity index (χ0) is 42.8. The second-order valence-corrected chi connectivity index (χ2v) is 15.2. The Kier molecular flexibility index (Phi) is 37.7. The first-order valence-corrected chi connectivity index (χ1v) is 22.8. The summed E-state index contributed by atoms with van der Waals surface area (Å²) in [5.74, 6) is -2.45. The summed E-state index contributed by atoms with van der Waals surface area (Å²) in [5.41, 5.74) is 0. The summed E-state index contributed by atoms with van der Waals surface area (Å²) in [5, 5.41) is 21.8. The normalized spacial score (nSPS) is 14.7. The van der Waals surface area contributed by atoms with E-state index < -0.39 is 57.6 Å². The van der Waals surface area contributed by atoms with Crippen LogP contribution in [0.25, 0.3) is 0 Å². The van der Waals surface area contributed by atoms with Gasteiger partial charge in [0.1, 0.15) is 12.7 Å². The van der Waals surface area contributed by atoms with Gasteiger partial charge in [0.15, 0.2) is 6.04 Å². The molecule has 0 aliphatic carbocycles. The molecule has 328 valence electrons. The number of aliphatic carboxylic acids is 1. The van der Waals surface area contributed by atoms with Crippen LogP contribution in [0.4, 0.5) is 0 Å². The quantitative estimate of drug-likeness (QED) is 0.0203. The topological polar surface area (TPSA) is 169 Å². The van der Waals surface area contributed by atoms with Crippen LogP contribution in [0.1, 0.15) is 142 Å². The molecule has 0 aliphatic heterocycles. The van der Waals surface area contributed by atoms with Crippen molar-refractivity contribution in [2.24, 2.45) is 0 Å². The number of hydrogen-bond acceptors (Lipinski definition) is 8. The molecule has 0 radical (unpaired) electrons. The molecule has 0 aromatic heterocycles. The van der Waals surface area contributed by atoms with Crippen LogP contribution in [0.2, 0.25) is 0 Å². The van der Waals surface area contributed by atoms with Crippen molar-refractivity contribution in [3.05, 3.63) is 97.2 Å². The Morgan fingerprint density at radius 2 is 0.948 bits per heavy atom. The highest BCUT2D eigenvalue weighted by Gasteiger charge is 2.28. The molecule has 0 saturated carbocycles. The van der Waals surface area contributed by atoms with E-state index >= 15 is 0 Å². The van der Waals surface area contributed by atoms with Crippen LogP contribution in [0, 0.1) is 0 Å². The Balaban J connectivity index is 4.01. The van der Waals surface area contributed by atoms with Gasteiger partial charge in [0.05, 0.1) is 13.2 Å². The lowest BCUT2D eigenvalue weighted by Crippen LogP contribution is -2.43. The van der Waals surface area contributed by atoms with Crippen LogP contribution in [0.15, 0.2) is 97.2 Å². The van der Waals surface area contributed by atoms with E-state index in [-0.39, 0.29) is 12.8 Å². The number of rotatable bonds is 38. The van der Waals surface area contributed by atoms with Gasteiger partial charge >= 0.3 is 19.8 Å². The van der Waals surface area contributed by atoms with Crippen molar-refractivity contribution >= 4 is 25.7 Å². The number of carboxylic acids is 1. The second-order valence-electron chi connectivity index (χ2n) is 13.8. The van der Waals surface area contributed by atoms with Crippen molar-refractivity contribution in [2.45, 2.75) is 154 Å². The number of aliphatic hydroxyl groups excluding tert-OH is 1. The maximum atomic E-state index is 12.3. The van der Waals surface area contributed by atoms with Crippen LogP contribution in [-0.4, -0.2) is 64.9 Å². The van der Waals surface area contributed by atoms with Crippen LogP contribution in [-0.2, 0) is 32.7 Å². The predicted molar refractivity (Wildman–Crippen MR) is 235 cm³/mol. The first-order chi connectivity index (χ1) is 28.1. The fourth-order valence-corrected chi connectivity index (χ4v) is 5.89. The number of amides is 1. The Morgan fingerprint density at radius 3 is 1.43 bits per heavy atom. The minimum atomic E-state index is -4.78. The van der Waals surface area contributed by atoms with Gasteiger partial charge in [-0.25, -0.2) is 9.36 Å². The van der Waals surface area contributed by atoms with Crippen LogP contribution in [0.5, 0.6) is 0 Å². The number of unbranched alkanes of at least 4 members (excludes halogenated alkanes) is 8. The highest BCUT2D eigenvalue weighted by molar-refractivity contribution is 7.47. The van der Waals surface area contributed by atoms with Gasteiger partial charge in [0.2, 0.25) is 5.91 Å². The highest BCUT2D eigenvalue weighted by atomic mass is 31.2. The number of phosphoric acid groups is 1. The van der Waals surface area contributed by atoms with Crippen molar-refractivity contribution in [2.75, 3.05) is 19.8 Å². The van der Waals surface area contributed by atoms with Crippen LogP contribution < -0.4 is 5.32 Å². The third kappa shape index (κ3) is 39.2. The van der Waals surface area contributed by atoms with Gasteiger partial charge in [0.25, 0.3) is 0 Å². The van der Waals surface area contributed by atoms with Crippen molar-refractivity contribution < 1.29 is 47.8 Å². The average Bonchev–Trinajstić information content (AvgIpc) is 3.20. The molecule has 0 aromatic carbocycles. The van der Waals surface area contributed by atoms with Crippen molar-refractivity contribution in [1.29, 1.82) is 0 Å². The summed E-state index contributed by atoms with van der Waals surface area (Å²) < 4.78 is 26.8. The molecule has 1 amide bonds. The van der Waals surface area contributed by atoms with Gasteiger partial charge in [-0.05, 0) is 89.9 Å². The SMILES string of the molecule is CC/C=C\C/C=C\C/C=C\C/C=C\C/C=C\CCCCCC(=O)OCC(O)COP(=O)(O)OCC(NC(=O)CCCCCCC/C=C\C/C=C\C/C=C\CC)C(=O)O. The average molecular weight is 832 g/mol. The third-order valence-electron chi connectivity index (χ3n) is 8.37. The predicted octanol–water partition coefficient (Wildman–Crippen LogP) is 10.9. The number of carboxylic acid groups (broad SMARTS) is 1. The molecular weight excluding hydrogens is 757 g/mol. The molecule has 0 aromatic rings. The first kappa shape index (κ1) is 54.4. The molecule has 58 heavy (non-hydrogen) atoms. The number of carbonyl (C=O) groups is 3. The Hall–Kier alpha value is -3.60. The summed E-state index contributed by atoms with van der Waals surface area (Å²) in [6.45, 7) is 2.29. The zero-order valence-electron chi connectivity index (χ0n) is 35.3. The molecular formula is C46H74NO10P. The lowest BCUT2D eigenvalue weighted by molar-refractivity contribution is -0.147. The van der Waals surface area contributed by atoms with Gasteiger partial charge in [0, 0.05) is 12.8 Å². The standard InChI is InChI=1S/C46H74NO10P/c1-3-5-7-9-11-13-15-17-19-20-21-22-24-26-28-30-32-34-36-38-45(50)55-39-42(48)40-56-58(53,54)57-41-43(46(51)52)47-44(49)37-35-33-31-29-27-25-23-18-16-14-12-10-8-6-4-2/h5-8,11-14,17-19,21-23,26,28,42-43,48H,3-4,9-10,15-16,20,24-25,27,29-41H2,1-2H3,(H,47,49)(H,51,52)(H,53,54)/b7-5-,8-6-,13-11-,14-12-,19-17-,22-21-,23-18-,28-26-. The summed E-state index contributed by atoms with van der Waals surface area (Å²) in [7, 11) is -4.78. The Morgan fingerprint density at radius 1 is 0.552 bits per heavy atom. The maximum Gasteiger partial charge on any atom is 0.472 e. The molecule has 0 bridgehead atoms. The fraction of sp³-hybridized carbons (Fsp3) is 0.587. The van der Waals surface area contributed by atoms with Crippen molar-refractivity contribution in [1.82, 2.24) is 5.32 Å². The summed E-state index contributed by atoms with van der Waals surface area (Å²) in [6.07, 6.45) is 50.0. The fourth-order valence-electron chi connectivity index (χ4n) is 5.12. The smallest absolute Gasteiger partial charge is 0.472 e. The van der Waals surface area contributed by atoms with E-state index in [1.165, 1.54) is 0 Å². The van der Waals surface area contributed by atoms with Gasteiger partial charge in [-0.2, -0.15) is 0 Å². The number of ether oxygens (including phenoxy) is 1. The van der Waals surface area contributed by atoms with E-state index in [9.17, 15) is 34.1 Å². The van der Waals surface area contributed by atoms with E-state index in [4.69, 9.17) is 13.8 Å². The summed E-state index contributed by atoms with van der Waals surface area (Å²) >= 11 is 0. The van der Waals surface area contributed by atoms with E-state index in [0.717, 1.165) is 103 Å². The van der Waals surface area contributed by atoms with E-state index in [2.05, 4.69) is 116 Å². The largest absolute Gasteiger partial charge is 0.480 e. The number of esters is 1. The summed E-state index contributed by atoms with van der Waals surface area (Å²) in [6, 6.07) is -1.57. The number of nitrogens with one attached hydrogen (secondary N) is 1. The molecule has 3 unspecified atom stereocenters. The van der Waals surface area contributed by atoms with Crippen molar-refractivity contribution in [3.8, 4) is 0 Å². The molecule has 3 atom stereocenters. The van der Waals surface area contributed by atoms with Crippen molar-refractivity contribution in [3.63, 3.8) is 0 Å². The number of hydrogen-bond donors (Lipinski definition) is 4. The summed E-state index contributed by atoms with van der Waals surface area (Å²) in [4.78, 5) is 45.9. The molecule has 12 heteroatoms. The van der Waals surface area contributed by atoms with Crippen LogP contribution >= 0.6 is 7.82 Å². The second kappa shape index (κ2) is 40.2. The number of carbonyl (C=O) groups excluding carboxylic acids is 2. The molecule has 0 spiro atoms. The minimum absolute atomic E-state index is 0.118. The molecule has 0 aliphatic rings. The number of aliphatic hydroxyl groups is 1. The van der Waals surface area contributed by atoms with Crippen LogP contribution in [0.3, 0.4) is 0 Å². The van der Waals surface area contributed by atoms with Gasteiger partial charge in [-0.1, -0.05) is 137 Å². The van der Waals surface area contributed by atoms with Gasteiger partial charge in [-0.15, -0.1) is 0 Å². The maximum absolute atomic E-state index is 12.3. The molecule has 0 rings (SSSR count). The molecule has 0 fully saturated rings. The molecule has 11 nitrogen and oxygen atoms in total. The van der Waals surface area contributed by atoms with Gasteiger partial charge in [-0.3, -0.25) is 18.6 Å². The number of allylic oxidation sites excluding steroid dienone is 16. The molecule has 0 saturated heterocycles. The Labute approximate surface area is 349 Å². The van der Waals surface area contributed by atoms with E-state index in [0.29, 0.717) is 12.8 Å². The third-order valence-corrected chi connectivity index (χ3v) is 9.32. The lowest BCUT2D eigenvalue weighted by atomic mass is 10.1.